The first kappa shape index (κ1) is 37.1. The number of imide groups is 1. The third-order valence-electron chi connectivity index (χ3n) is 10.0. The van der Waals surface area contributed by atoms with E-state index in [0.29, 0.717) is 35.9 Å². The standard InChI is InChI=1S/C35H34FN7O11S/c36-31-24-15-22(6-4-20(24)14-26(44)32(31)42-18-27(45)39-55(42,52)53)54-13-10-37-33(48)19-8-11-40(12-9-19)29(47)16-38-25-3-1-2-23-30(25)35(50)43(34(23)49)21-5-7-28(46)41(51)17-21/h1-4,6,14-15,19,21H,5,7-13,16-18H2,(H3-,37,38,39,44,45,48,50)/p+1. The molecule has 4 aliphatic rings. The first-order chi connectivity index (χ1) is 26.2. The number of carbonyl (C=O) groups excluding carboxylic acids is 6. The van der Waals surface area contributed by atoms with Gasteiger partial charge < -0.3 is 25.4 Å². The van der Waals surface area contributed by atoms with Gasteiger partial charge in [-0.15, -0.1) is 0 Å². The van der Waals surface area contributed by atoms with Gasteiger partial charge in [0.05, 0.1) is 35.4 Å². The van der Waals surface area contributed by atoms with Crippen LogP contribution in [0.25, 0.3) is 10.8 Å². The number of nitroso groups, excluding NO2 is 1. The molecule has 0 aliphatic carbocycles. The predicted octanol–water partition coefficient (Wildman–Crippen LogP) is 0.775. The van der Waals surface area contributed by atoms with Crippen LogP contribution in [0, 0.1) is 16.6 Å². The summed E-state index contributed by atoms with van der Waals surface area (Å²) in [4.78, 5) is 90.3. The monoisotopic (exact) mass is 780 g/mol. The molecule has 1 atom stereocenters. The zero-order valence-corrected chi connectivity index (χ0v) is 29.9. The number of aromatic hydroxyl groups is 1. The summed E-state index contributed by atoms with van der Waals surface area (Å²) >= 11 is 0. The number of piperidine rings is 2. The smallest absolute Gasteiger partial charge is 0.433 e. The maximum absolute atomic E-state index is 15.5. The number of ether oxygens (including phenoxy) is 1. The van der Waals surface area contributed by atoms with Crippen molar-refractivity contribution in [2.75, 3.05) is 55.5 Å². The molecular weight excluding hydrogens is 745 g/mol. The van der Waals surface area contributed by atoms with E-state index in [1.807, 2.05) is 0 Å². The Bertz CT molecular complexity index is 2290. The molecule has 3 saturated heterocycles. The molecule has 0 saturated carbocycles. The first-order valence-corrected chi connectivity index (χ1v) is 18.9. The van der Waals surface area contributed by atoms with Gasteiger partial charge in [0.1, 0.15) is 36.4 Å². The van der Waals surface area contributed by atoms with Crippen LogP contribution in [0.5, 0.6) is 11.5 Å². The quantitative estimate of drug-likeness (QED) is 0.127. The summed E-state index contributed by atoms with van der Waals surface area (Å²) in [7, 11) is -4.38. The van der Waals surface area contributed by atoms with E-state index in [1.54, 1.807) is 21.8 Å². The number of rotatable bonds is 10. The molecular formula is C35H35FN7O11S+. The molecule has 3 fully saturated rings. The van der Waals surface area contributed by atoms with Crippen molar-refractivity contribution in [3.8, 4) is 11.5 Å². The highest BCUT2D eigenvalue weighted by Gasteiger charge is 2.47. The van der Waals surface area contributed by atoms with Gasteiger partial charge in [-0.1, -0.05) is 12.1 Å². The Morgan fingerprint density at radius 2 is 1.80 bits per heavy atom. The average Bonchev–Trinajstić information content (AvgIpc) is 3.58. The number of carbonyl (C=O) groups is 6. The molecule has 18 nitrogen and oxygen atoms in total. The van der Waals surface area contributed by atoms with Crippen molar-refractivity contribution < 1.29 is 56.2 Å². The van der Waals surface area contributed by atoms with Gasteiger partial charge in [0.25, 0.3) is 17.7 Å². The molecule has 20 heteroatoms. The number of amides is 6. The fraction of sp³-hybridized carbons (Fsp3) is 0.371. The summed E-state index contributed by atoms with van der Waals surface area (Å²) in [6.07, 6.45) is 0.918. The number of benzene rings is 3. The Labute approximate surface area is 312 Å². The van der Waals surface area contributed by atoms with Gasteiger partial charge in [-0.25, -0.2) is 18.2 Å². The molecule has 55 heavy (non-hydrogen) atoms. The number of phenols is 1. The van der Waals surface area contributed by atoms with E-state index in [9.17, 15) is 47.2 Å². The SMILES string of the molecule is O=C1CN(c2c(O)cc3ccc(OCCNC(=O)C4CCN(C(=O)CNc5cccc6c5C(=O)N(C5CCC(=O)[N+](=O)C5)C6=O)CC4)cc3c2F)S(=O)(=O)N1. The van der Waals surface area contributed by atoms with Crippen LogP contribution in [0.3, 0.4) is 0 Å². The molecule has 0 aromatic heterocycles. The van der Waals surface area contributed by atoms with E-state index in [1.165, 1.54) is 30.3 Å². The maximum atomic E-state index is 15.5. The van der Waals surface area contributed by atoms with Crippen LogP contribution in [-0.2, 0) is 29.4 Å². The van der Waals surface area contributed by atoms with Crippen molar-refractivity contribution in [1.29, 1.82) is 0 Å². The number of nitrogens with zero attached hydrogens (tertiary/aromatic N) is 4. The van der Waals surface area contributed by atoms with Crippen LogP contribution in [0.4, 0.5) is 15.8 Å². The Kier molecular flexibility index (Phi) is 9.84. The first-order valence-electron chi connectivity index (χ1n) is 17.4. The second-order valence-electron chi connectivity index (χ2n) is 13.5. The van der Waals surface area contributed by atoms with E-state index < -0.39 is 63.7 Å². The van der Waals surface area contributed by atoms with Crippen molar-refractivity contribution in [3.63, 3.8) is 0 Å². The predicted molar refractivity (Wildman–Crippen MR) is 190 cm³/mol. The topological polar surface area (TPSA) is 232 Å². The lowest BCUT2D eigenvalue weighted by atomic mass is 9.96. The molecule has 3 aromatic carbocycles. The lowest BCUT2D eigenvalue weighted by Gasteiger charge is -2.31. The van der Waals surface area contributed by atoms with Gasteiger partial charge in [-0.3, -0.25) is 28.9 Å². The van der Waals surface area contributed by atoms with Gasteiger partial charge in [0, 0.05) is 35.0 Å². The molecule has 0 spiro atoms. The molecule has 4 N–H and O–H groups in total. The van der Waals surface area contributed by atoms with Gasteiger partial charge in [-0.2, -0.15) is 8.42 Å². The second kappa shape index (κ2) is 14.6. The Morgan fingerprint density at radius 3 is 2.51 bits per heavy atom. The highest BCUT2D eigenvalue weighted by Crippen LogP contribution is 2.39. The van der Waals surface area contributed by atoms with Crippen LogP contribution in [0.2, 0.25) is 0 Å². The fourth-order valence-corrected chi connectivity index (χ4v) is 8.40. The molecule has 0 radical (unpaired) electrons. The van der Waals surface area contributed by atoms with Crippen molar-refractivity contribution >= 4 is 67.8 Å². The summed E-state index contributed by atoms with van der Waals surface area (Å²) in [6, 6.07) is 9.39. The third-order valence-corrected chi connectivity index (χ3v) is 11.4. The highest BCUT2D eigenvalue weighted by atomic mass is 32.2. The molecule has 7 rings (SSSR count). The summed E-state index contributed by atoms with van der Waals surface area (Å²) < 4.78 is 48.2. The summed E-state index contributed by atoms with van der Waals surface area (Å²) in [5, 5.41) is 16.3. The van der Waals surface area contributed by atoms with Crippen LogP contribution in [0.15, 0.2) is 42.5 Å². The molecule has 4 aliphatic heterocycles. The zero-order chi connectivity index (χ0) is 39.2. The number of fused-ring (bicyclic) bond motifs is 2. The van der Waals surface area contributed by atoms with E-state index in [2.05, 4.69) is 10.6 Å². The lowest BCUT2D eigenvalue weighted by molar-refractivity contribution is -0.481. The number of nitrogens with one attached hydrogen (secondary N) is 3. The normalized spacial score (nSPS) is 19.8. The van der Waals surface area contributed by atoms with Gasteiger partial charge in [-0.05, 0) is 55.0 Å². The average molecular weight is 781 g/mol. The van der Waals surface area contributed by atoms with Crippen LogP contribution < -0.4 is 24.4 Å². The molecule has 1 unspecified atom stereocenters. The molecule has 0 bridgehead atoms. The Hall–Kier alpha value is -6.18. The van der Waals surface area contributed by atoms with Crippen LogP contribution in [-0.4, -0.2) is 115 Å². The minimum atomic E-state index is -4.38. The molecule has 288 valence electrons. The van der Waals surface area contributed by atoms with E-state index in [4.69, 9.17) is 4.74 Å². The largest absolute Gasteiger partial charge is 0.506 e. The van der Waals surface area contributed by atoms with Crippen molar-refractivity contribution in [1.82, 2.24) is 19.8 Å². The molecule has 3 aromatic rings. The fourth-order valence-electron chi connectivity index (χ4n) is 7.23. The minimum Gasteiger partial charge on any atom is -0.506 e. The number of likely N-dealkylation sites (tertiary alicyclic amines) is 1. The van der Waals surface area contributed by atoms with Crippen LogP contribution in [0.1, 0.15) is 46.4 Å². The number of anilines is 2. The van der Waals surface area contributed by atoms with E-state index >= 15 is 4.39 Å². The Morgan fingerprint density at radius 1 is 1.04 bits per heavy atom. The van der Waals surface area contributed by atoms with Gasteiger partial charge in [0.2, 0.25) is 18.4 Å². The number of phenolic OH excluding ortho intramolecular Hbond substituents is 1. The lowest BCUT2D eigenvalue weighted by Crippen LogP contribution is -2.48. The number of halogens is 1. The van der Waals surface area contributed by atoms with Gasteiger partial charge >= 0.3 is 16.1 Å². The zero-order valence-electron chi connectivity index (χ0n) is 29.1. The summed E-state index contributed by atoms with van der Waals surface area (Å²) in [5.41, 5.74) is -0.137. The number of hydrogen-bond donors (Lipinski definition) is 4. The van der Waals surface area contributed by atoms with Crippen LogP contribution >= 0.6 is 0 Å². The summed E-state index contributed by atoms with van der Waals surface area (Å²) in [6.45, 7) is -0.424. The molecule has 6 amide bonds. The maximum Gasteiger partial charge on any atom is 0.433 e. The van der Waals surface area contributed by atoms with Crippen molar-refractivity contribution in [2.45, 2.75) is 31.7 Å². The summed E-state index contributed by atoms with van der Waals surface area (Å²) in [5.74, 6) is -5.02. The highest BCUT2D eigenvalue weighted by molar-refractivity contribution is 7.92. The van der Waals surface area contributed by atoms with E-state index in [0.717, 1.165) is 4.90 Å². The van der Waals surface area contributed by atoms with Gasteiger partial charge in [0.15, 0.2) is 5.82 Å². The van der Waals surface area contributed by atoms with Crippen molar-refractivity contribution in [2.24, 2.45) is 5.92 Å². The molecule has 4 heterocycles. The van der Waals surface area contributed by atoms with E-state index in [-0.39, 0.29) is 89.2 Å². The van der Waals surface area contributed by atoms with Crippen molar-refractivity contribution in [3.05, 3.63) is 64.3 Å². The Balaban J connectivity index is 0.875. The third kappa shape index (κ3) is 7.11. The number of hydrogen-bond acceptors (Lipinski definition) is 12. The minimum absolute atomic E-state index is 0.0121. The second-order valence-corrected chi connectivity index (χ2v) is 15.1.